The molecular formula is C11H19N5O. The summed E-state index contributed by atoms with van der Waals surface area (Å²) in [6.07, 6.45) is 4.34. The third-order valence-corrected chi connectivity index (χ3v) is 2.75. The van der Waals surface area contributed by atoms with Crippen LogP contribution in [0.25, 0.3) is 0 Å². The summed E-state index contributed by atoms with van der Waals surface area (Å²) in [5.74, 6) is 0.787. The Kier molecular flexibility index (Phi) is 4.37. The maximum atomic E-state index is 5.54. The number of guanidine groups is 1. The van der Waals surface area contributed by atoms with Crippen LogP contribution in [-0.4, -0.2) is 42.5 Å². The molecule has 3 N–H and O–H groups in total. The van der Waals surface area contributed by atoms with E-state index in [1.54, 1.807) is 13.2 Å². The van der Waals surface area contributed by atoms with Gasteiger partial charge in [0.1, 0.15) is 0 Å². The molecule has 0 amide bonds. The molecule has 2 rings (SSSR count). The fourth-order valence-corrected chi connectivity index (χ4v) is 1.80. The molecule has 94 valence electrons. The highest BCUT2D eigenvalue weighted by Gasteiger charge is 2.15. The van der Waals surface area contributed by atoms with Gasteiger partial charge in [-0.25, -0.2) is 0 Å². The van der Waals surface area contributed by atoms with Crippen LogP contribution in [-0.2, 0) is 11.3 Å². The Morgan fingerprint density at radius 1 is 1.65 bits per heavy atom. The van der Waals surface area contributed by atoms with Gasteiger partial charge < -0.3 is 15.4 Å². The van der Waals surface area contributed by atoms with E-state index in [1.165, 1.54) is 0 Å². The molecule has 0 aliphatic carbocycles. The largest absolute Gasteiger partial charge is 0.376 e. The van der Waals surface area contributed by atoms with Crippen LogP contribution < -0.4 is 10.6 Å². The SMILES string of the molecule is CN=C(NCc1ccn[nH]1)NCC1CCCO1. The summed E-state index contributed by atoms with van der Waals surface area (Å²) in [5.41, 5.74) is 1.03. The third-order valence-electron chi connectivity index (χ3n) is 2.75. The second kappa shape index (κ2) is 6.24. The molecule has 6 nitrogen and oxygen atoms in total. The number of hydrogen-bond acceptors (Lipinski definition) is 3. The zero-order valence-corrected chi connectivity index (χ0v) is 10.1. The number of H-pyrrole nitrogens is 1. The Balaban J connectivity index is 1.69. The topological polar surface area (TPSA) is 74.3 Å². The highest BCUT2D eigenvalue weighted by molar-refractivity contribution is 5.79. The van der Waals surface area contributed by atoms with Crippen molar-refractivity contribution in [3.05, 3.63) is 18.0 Å². The van der Waals surface area contributed by atoms with Gasteiger partial charge in [0, 0.05) is 26.4 Å². The normalized spacial score (nSPS) is 20.5. The first kappa shape index (κ1) is 11.9. The van der Waals surface area contributed by atoms with E-state index in [0.717, 1.165) is 37.6 Å². The first-order chi connectivity index (χ1) is 8.38. The first-order valence-corrected chi connectivity index (χ1v) is 5.93. The van der Waals surface area contributed by atoms with Crippen molar-refractivity contribution in [2.24, 2.45) is 4.99 Å². The van der Waals surface area contributed by atoms with Gasteiger partial charge in [0.15, 0.2) is 5.96 Å². The van der Waals surface area contributed by atoms with Crippen LogP contribution in [0, 0.1) is 0 Å². The first-order valence-electron chi connectivity index (χ1n) is 5.93. The second-order valence-corrected chi connectivity index (χ2v) is 4.02. The molecule has 2 heterocycles. The van der Waals surface area contributed by atoms with Crippen LogP contribution in [0.3, 0.4) is 0 Å². The van der Waals surface area contributed by atoms with Gasteiger partial charge in [-0.15, -0.1) is 0 Å². The minimum Gasteiger partial charge on any atom is -0.376 e. The Hall–Kier alpha value is -1.56. The summed E-state index contributed by atoms with van der Waals surface area (Å²) < 4.78 is 5.54. The van der Waals surface area contributed by atoms with Crippen LogP contribution in [0.5, 0.6) is 0 Å². The minimum atomic E-state index is 0.320. The van der Waals surface area contributed by atoms with Gasteiger partial charge in [0.25, 0.3) is 0 Å². The molecule has 6 heteroatoms. The molecule has 1 aromatic rings. The van der Waals surface area contributed by atoms with Crippen LogP contribution >= 0.6 is 0 Å². The molecule has 0 bridgehead atoms. The highest BCUT2D eigenvalue weighted by atomic mass is 16.5. The van der Waals surface area contributed by atoms with Gasteiger partial charge in [-0.05, 0) is 18.9 Å². The highest BCUT2D eigenvalue weighted by Crippen LogP contribution is 2.10. The quantitative estimate of drug-likeness (QED) is 0.518. The average Bonchev–Trinajstić information content (AvgIpc) is 3.02. The lowest BCUT2D eigenvalue weighted by atomic mass is 10.2. The Labute approximate surface area is 101 Å². The van der Waals surface area contributed by atoms with Crippen molar-refractivity contribution in [3.63, 3.8) is 0 Å². The monoisotopic (exact) mass is 237 g/mol. The van der Waals surface area contributed by atoms with Gasteiger partial charge in [-0.2, -0.15) is 5.10 Å². The van der Waals surface area contributed by atoms with Crippen molar-refractivity contribution >= 4 is 5.96 Å². The van der Waals surface area contributed by atoms with E-state index in [4.69, 9.17) is 4.74 Å². The van der Waals surface area contributed by atoms with Crippen molar-refractivity contribution in [3.8, 4) is 0 Å². The third kappa shape index (κ3) is 3.74. The van der Waals surface area contributed by atoms with Gasteiger partial charge in [-0.3, -0.25) is 10.1 Å². The number of aromatic amines is 1. The second-order valence-electron chi connectivity index (χ2n) is 4.02. The minimum absolute atomic E-state index is 0.320. The van der Waals surface area contributed by atoms with Crippen molar-refractivity contribution < 1.29 is 4.74 Å². The predicted molar refractivity (Wildman–Crippen MR) is 65.8 cm³/mol. The Morgan fingerprint density at radius 3 is 3.24 bits per heavy atom. The molecule has 1 saturated heterocycles. The van der Waals surface area contributed by atoms with E-state index in [9.17, 15) is 0 Å². The fraction of sp³-hybridized carbons (Fsp3) is 0.636. The summed E-state index contributed by atoms with van der Waals surface area (Å²) in [6.45, 7) is 2.38. The summed E-state index contributed by atoms with van der Waals surface area (Å²) in [6, 6.07) is 1.93. The van der Waals surface area contributed by atoms with Gasteiger partial charge in [0.05, 0.1) is 18.3 Å². The average molecular weight is 237 g/mol. The van der Waals surface area contributed by atoms with E-state index in [-0.39, 0.29) is 0 Å². The van der Waals surface area contributed by atoms with Crippen LogP contribution in [0.4, 0.5) is 0 Å². The number of nitrogens with one attached hydrogen (secondary N) is 3. The fourth-order valence-electron chi connectivity index (χ4n) is 1.80. The number of rotatable bonds is 4. The molecule has 17 heavy (non-hydrogen) atoms. The number of ether oxygens (including phenoxy) is 1. The van der Waals surface area contributed by atoms with E-state index in [1.807, 2.05) is 6.07 Å². The number of hydrogen-bond donors (Lipinski definition) is 3. The molecule has 1 aromatic heterocycles. The van der Waals surface area contributed by atoms with Gasteiger partial charge >= 0.3 is 0 Å². The smallest absolute Gasteiger partial charge is 0.191 e. The molecular weight excluding hydrogens is 218 g/mol. The summed E-state index contributed by atoms with van der Waals surface area (Å²) >= 11 is 0. The van der Waals surface area contributed by atoms with Gasteiger partial charge in [0.2, 0.25) is 0 Å². The molecule has 0 radical (unpaired) electrons. The molecule has 0 spiro atoms. The molecule has 0 saturated carbocycles. The number of aromatic nitrogens is 2. The Bertz CT molecular complexity index is 343. The Morgan fingerprint density at radius 2 is 2.59 bits per heavy atom. The molecule has 1 unspecified atom stereocenters. The van der Waals surface area contributed by atoms with Crippen molar-refractivity contribution in [1.29, 1.82) is 0 Å². The lowest BCUT2D eigenvalue weighted by Gasteiger charge is -2.14. The van der Waals surface area contributed by atoms with E-state index < -0.39 is 0 Å². The number of aliphatic imine (C=N–C) groups is 1. The lowest BCUT2D eigenvalue weighted by molar-refractivity contribution is 0.114. The molecule has 1 aliphatic rings. The van der Waals surface area contributed by atoms with Crippen molar-refractivity contribution in [2.45, 2.75) is 25.5 Å². The molecule has 1 fully saturated rings. The van der Waals surface area contributed by atoms with Gasteiger partial charge in [-0.1, -0.05) is 0 Å². The van der Waals surface area contributed by atoms with Crippen molar-refractivity contribution in [2.75, 3.05) is 20.2 Å². The zero-order valence-electron chi connectivity index (χ0n) is 10.1. The molecule has 1 atom stereocenters. The van der Waals surface area contributed by atoms with Crippen molar-refractivity contribution in [1.82, 2.24) is 20.8 Å². The van der Waals surface area contributed by atoms with E-state index >= 15 is 0 Å². The zero-order chi connectivity index (χ0) is 11.9. The molecule has 1 aliphatic heterocycles. The lowest BCUT2D eigenvalue weighted by Crippen LogP contribution is -2.40. The summed E-state index contributed by atoms with van der Waals surface area (Å²) in [7, 11) is 1.76. The number of nitrogens with zero attached hydrogens (tertiary/aromatic N) is 2. The van der Waals surface area contributed by atoms with E-state index in [2.05, 4.69) is 25.8 Å². The predicted octanol–water partition coefficient (Wildman–Crippen LogP) is 0.254. The molecule has 0 aromatic carbocycles. The van der Waals surface area contributed by atoms with E-state index in [0.29, 0.717) is 12.6 Å². The summed E-state index contributed by atoms with van der Waals surface area (Å²) in [5, 5.41) is 13.2. The maximum Gasteiger partial charge on any atom is 0.191 e. The van der Waals surface area contributed by atoms with Crippen LogP contribution in [0.1, 0.15) is 18.5 Å². The van der Waals surface area contributed by atoms with Crippen LogP contribution in [0.2, 0.25) is 0 Å². The summed E-state index contributed by atoms with van der Waals surface area (Å²) in [4.78, 5) is 4.15. The van der Waals surface area contributed by atoms with Crippen LogP contribution in [0.15, 0.2) is 17.3 Å². The standard InChI is InChI=1S/C11H19N5O/c1-12-11(13-7-9-4-5-15-16-9)14-8-10-3-2-6-17-10/h4-5,10H,2-3,6-8H2,1H3,(H,15,16)(H2,12,13,14). The maximum absolute atomic E-state index is 5.54.